The number of carbonyl (C=O) groups is 1. The van der Waals surface area contributed by atoms with E-state index in [2.05, 4.69) is 28.9 Å². The molecule has 0 unspecified atom stereocenters. The van der Waals surface area contributed by atoms with Crippen molar-refractivity contribution in [1.29, 1.82) is 0 Å². The summed E-state index contributed by atoms with van der Waals surface area (Å²) in [6.07, 6.45) is 6.48. The molecule has 0 spiro atoms. The van der Waals surface area contributed by atoms with E-state index in [0.717, 1.165) is 67.8 Å². The molecule has 2 N–H and O–H groups in total. The van der Waals surface area contributed by atoms with Crippen LogP contribution in [-0.2, 0) is 16.8 Å². The van der Waals surface area contributed by atoms with Gasteiger partial charge in [0.15, 0.2) is 5.69 Å². The number of carbonyl (C=O) groups excluding carboxylic acids is 1. The van der Waals surface area contributed by atoms with Gasteiger partial charge in [-0.2, -0.15) is 22.5 Å². The number of benzene rings is 1. The summed E-state index contributed by atoms with van der Waals surface area (Å²) >= 11 is 14.3. The Morgan fingerprint density at radius 3 is 2.50 bits per heavy atom. The molecule has 2 aliphatic rings. The third-order valence-corrected chi connectivity index (χ3v) is 10.3. The first kappa shape index (κ1) is 31.0. The van der Waals surface area contributed by atoms with Crippen LogP contribution in [0.4, 0.5) is 0 Å². The summed E-state index contributed by atoms with van der Waals surface area (Å²) in [5, 5.41) is 7.47. The van der Waals surface area contributed by atoms with Gasteiger partial charge in [-0.3, -0.25) is 10.2 Å². The van der Waals surface area contributed by atoms with Crippen LogP contribution in [0.1, 0.15) is 72.8 Å². The molecule has 0 atom stereocenters. The van der Waals surface area contributed by atoms with Crippen LogP contribution in [0, 0.1) is 11.8 Å². The second kappa shape index (κ2) is 13.9. The topological polar surface area (TPSA) is 99.6 Å². The Morgan fingerprint density at radius 2 is 1.79 bits per heavy atom. The van der Waals surface area contributed by atoms with Crippen molar-refractivity contribution < 1.29 is 13.2 Å². The van der Waals surface area contributed by atoms with Gasteiger partial charge in [-0.15, -0.1) is 11.3 Å². The van der Waals surface area contributed by atoms with Crippen LogP contribution in [0.15, 0.2) is 30.3 Å². The minimum atomic E-state index is -3.76. The Labute approximate surface area is 261 Å². The number of rotatable bonds is 9. The predicted molar refractivity (Wildman–Crippen MR) is 168 cm³/mol. The zero-order valence-corrected chi connectivity index (χ0v) is 26.6. The van der Waals surface area contributed by atoms with Crippen molar-refractivity contribution in [3.05, 3.63) is 56.5 Å². The molecule has 0 aliphatic carbocycles. The van der Waals surface area contributed by atoms with E-state index in [-0.39, 0.29) is 12.2 Å². The fraction of sp³-hybridized carbons (Fsp3) is 0.448. The molecule has 4 heterocycles. The van der Waals surface area contributed by atoms with E-state index in [1.807, 2.05) is 17.1 Å². The van der Waals surface area contributed by atoms with Gasteiger partial charge in [0.2, 0.25) is 0 Å². The summed E-state index contributed by atoms with van der Waals surface area (Å²) in [6.45, 7) is 4.36. The Kier molecular flexibility index (Phi) is 10.3. The number of halogens is 2. The highest BCUT2D eigenvalue weighted by atomic mass is 35.5. The number of nitrogens with zero attached hydrogens (tertiary/aromatic N) is 4. The molecule has 13 heteroatoms. The Bertz CT molecular complexity index is 1600. The quantitative estimate of drug-likeness (QED) is 0.294. The molecule has 1 aromatic carbocycles. The number of hydrogen-bond donors (Lipinski definition) is 2. The first-order valence-corrected chi connectivity index (χ1v) is 17.2. The summed E-state index contributed by atoms with van der Waals surface area (Å²) in [4.78, 5) is 15.4. The van der Waals surface area contributed by atoms with Gasteiger partial charge in [-0.05, 0) is 62.4 Å². The lowest BCUT2D eigenvalue weighted by atomic mass is 10.1. The van der Waals surface area contributed by atoms with Crippen LogP contribution in [0.5, 0.6) is 0 Å². The monoisotopic (exact) mass is 648 g/mol. The molecule has 1 amide bonds. The highest BCUT2D eigenvalue weighted by Gasteiger charge is 2.31. The lowest BCUT2D eigenvalue weighted by molar-refractivity contribution is 0.0743. The van der Waals surface area contributed by atoms with Gasteiger partial charge >= 0.3 is 0 Å². The first-order chi connectivity index (χ1) is 20.3. The largest absolute Gasteiger partial charge is 0.286 e. The average molecular weight is 650 g/mol. The van der Waals surface area contributed by atoms with Gasteiger partial charge < -0.3 is 0 Å². The number of aromatic nitrogens is 2. The molecule has 5 rings (SSSR count). The second-order valence-electron chi connectivity index (χ2n) is 10.3. The standard InChI is InChI=1S/C29H34Cl2N6O3S2/c1-2-3-5-10-22-12-14-26(41-22)28-23(20-32-42(39,40)36-17-8-9-18-36)27(29(38)34-35-15-6-4-7-16-35)33-37(28)25-13-11-21(30)19-24(25)31/h11-14,19,32H,2-4,6-9,15-18,20H2,1H3,(H,34,38). The number of thiophene rings is 1. The smallest absolute Gasteiger partial charge is 0.283 e. The molecular weight excluding hydrogens is 615 g/mol. The highest BCUT2D eigenvalue weighted by Crippen LogP contribution is 2.37. The predicted octanol–water partition coefficient (Wildman–Crippen LogP) is 5.62. The van der Waals surface area contributed by atoms with Gasteiger partial charge in [-0.25, -0.2) is 9.69 Å². The molecule has 0 radical (unpaired) electrons. The van der Waals surface area contributed by atoms with Gasteiger partial charge in [0.1, 0.15) is 0 Å². The summed E-state index contributed by atoms with van der Waals surface area (Å²) in [6, 6.07) is 8.90. The van der Waals surface area contributed by atoms with Gasteiger partial charge in [0, 0.05) is 49.7 Å². The lowest BCUT2D eigenvalue weighted by Crippen LogP contribution is -2.45. The van der Waals surface area contributed by atoms with E-state index in [0.29, 0.717) is 40.1 Å². The number of nitrogens with one attached hydrogen (secondary N) is 2. The maximum Gasteiger partial charge on any atom is 0.286 e. The normalized spacial score (nSPS) is 16.4. The third kappa shape index (κ3) is 7.19. The minimum Gasteiger partial charge on any atom is -0.283 e. The Hall–Kier alpha value is -2.43. The molecular formula is C29H34Cl2N6O3S2. The summed E-state index contributed by atoms with van der Waals surface area (Å²) < 4.78 is 32.2. The minimum absolute atomic E-state index is 0.123. The number of hydrogen-bond acceptors (Lipinski definition) is 6. The molecule has 2 saturated heterocycles. The maximum absolute atomic E-state index is 13.8. The van der Waals surface area contributed by atoms with Crippen LogP contribution < -0.4 is 10.1 Å². The third-order valence-electron chi connectivity index (χ3n) is 7.21. The number of piperidine rings is 1. The summed E-state index contributed by atoms with van der Waals surface area (Å²) in [5.74, 6) is 5.97. The van der Waals surface area contributed by atoms with Crippen LogP contribution in [0.3, 0.4) is 0 Å². The molecule has 2 aromatic heterocycles. The zero-order valence-electron chi connectivity index (χ0n) is 23.5. The van der Waals surface area contributed by atoms with Crippen molar-refractivity contribution in [2.75, 3.05) is 26.2 Å². The van der Waals surface area contributed by atoms with E-state index in [4.69, 9.17) is 28.3 Å². The average Bonchev–Trinajstić information content (AvgIpc) is 3.73. The van der Waals surface area contributed by atoms with Crippen LogP contribution in [0.25, 0.3) is 16.3 Å². The number of hydrazine groups is 1. The van der Waals surface area contributed by atoms with E-state index in [1.54, 1.807) is 22.9 Å². The fourth-order valence-corrected chi connectivity index (χ4v) is 7.75. The van der Waals surface area contributed by atoms with Gasteiger partial charge in [-0.1, -0.05) is 48.4 Å². The van der Waals surface area contributed by atoms with Gasteiger partial charge in [0.25, 0.3) is 16.1 Å². The molecule has 42 heavy (non-hydrogen) atoms. The molecule has 0 saturated carbocycles. The van der Waals surface area contributed by atoms with Crippen molar-refractivity contribution in [1.82, 2.24) is 29.2 Å². The fourth-order valence-electron chi connectivity index (χ4n) is 5.07. The van der Waals surface area contributed by atoms with Crippen molar-refractivity contribution in [3.63, 3.8) is 0 Å². The molecule has 2 fully saturated rings. The Morgan fingerprint density at radius 1 is 1.05 bits per heavy atom. The summed E-state index contributed by atoms with van der Waals surface area (Å²) in [5.41, 5.74) is 4.65. The molecule has 3 aromatic rings. The van der Waals surface area contributed by atoms with E-state index < -0.39 is 16.1 Å². The zero-order chi connectivity index (χ0) is 29.7. The maximum atomic E-state index is 13.8. The number of unbranched alkanes of at least 4 members (excludes halogenated alkanes) is 1. The molecule has 0 bridgehead atoms. The van der Waals surface area contributed by atoms with Crippen molar-refractivity contribution >= 4 is 50.7 Å². The van der Waals surface area contributed by atoms with Gasteiger partial charge in [0.05, 0.1) is 26.2 Å². The lowest BCUT2D eigenvalue weighted by Gasteiger charge is -2.26. The molecule has 224 valence electrons. The van der Waals surface area contributed by atoms with Crippen molar-refractivity contribution in [3.8, 4) is 28.1 Å². The highest BCUT2D eigenvalue weighted by molar-refractivity contribution is 7.87. The van der Waals surface area contributed by atoms with E-state index >= 15 is 0 Å². The summed E-state index contributed by atoms with van der Waals surface area (Å²) in [7, 11) is -3.76. The van der Waals surface area contributed by atoms with E-state index in [9.17, 15) is 13.2 Å². The molecule has 9 nitrogen and oxygen atoms in total. The second-order valence-corrected chi connectivity index (χ2v) is 14.0. The Balaban J connectivity index is 1.63. The van der Waals surface area contributed by atoms with Crippen LogP contribution in [-0.4, -0.2) is 59.6 Å². The van der Waals surface area contributed by atoms with E-state index in [1.165, 1.54) is 15.6 Å². The van der Waals surface area contributed by atoms with Crippen LogP contribution in [0.2, 0.25) is 10.0 Å². The molecule has 2 aliphatic heterocycles. The SMILES string of the molecule is CCCC#Cc1ccc(-c2c(CNS(=O)(=O)N3CCCC3)c(C(=O)NN3CCCCC3)nn2-c2ccc(Cl)cc2Cl)s1. The van der Waals surface area contributed by atoms with Crippen LogP contribution >= 0.6 is 34.5 Å². The number of amides is 1. The van der Waals surface area contributed by atoms with Crippen molar-refractivity contribution in [2.45, 2.75) is 58.4 Å². The first-order valence-electron chi connectivity index (χ1n) is 14.2. The van der Waals surface area contributed by atoms with Crippen molar-refractivity contribution in [2.24, 2.45) is 0 Å².